The van der Waals surface area contributed by atoms with E-state index in [2.05, 4.69) is 33.5 Å². The first kappa shape index (κ1) is 18.9. The Morgan fingerprint density at radius 3 is 2.79 bits per heavy atom. The van der Waals surface area contributed by atoms with E-state index in [1.807, 2.05) is 18.3 Å². The van der Waals surface area contributed by atoms with Gasteiger partial charge in [-0.2, -0.15) is 5.10 Å². The maximum Gasteiger partial charge on any atom is 0.255 e. The van der Waals surface area contributed by atoms with Crippen LogP contribution < -0.4 is 5.56 Å². The van der Waals surface area contributed by atoms with Gasteiger partial charge < -0.3 is 4.98 Å². The molecule has 0 aliphatic carbocycles. The van der Waals surface area contributed by atoms with E-state index in [0.717, 1.165) is 49.3 Å². The van der Waals surface area contributed by atoms with Gasteiger partial charge in [0.15, 0.2) is 0 Å². The molecule has 1 N–H and O–H groups in total. The van der Waals surface area contributed by atoms with Gasteiger partial charge >= 0.3 is 0 Å². The maximum atomic E-state index is 12.7. The van der Waals surface area contributed by atoms with E-state index in [-0.39, 0.29) is 5.56 Å². The quantitative estimate of drug-likeness (QED) is 0.714. The molecule has 0 saturated heterocycles. The molecule has 3 aromatic rings. The Kier molecular flexibility index (Phi) is 5.33. The van der Waals surface area contributed by atoms with Gasteiger partial charge in [-0.15, -0.1) is 0 Å². The number of nitrogens with zero attached hydrogens (tertiary/aromatic N) is 4. The molecule has 0 saturated carbocycles. The Morgan fingerprint density at radius 2 is 2.04 bits per heavy atom. The van der Waals surface area contributed by atoms with Gasteiger partial charge in [-0.25, -0.2) is 4.98 Å². The lowest BCUT2D eigenvalue weighted by Crippen LogP contribution is -2.35. The van der Waals surface area contributed by atoms with E-state index in [4.69, 9.17) is 16.6 Å². The van der Waals surface area contributed by atoms with Crippen molar-refractivity contribution in [2.45, 2.75) is 46.3 Å². The summed E-state index contributed by atoms with van der Waals surface area (Å²) in [4.78, 5) is 22.7. The molecule has 1 aliphatic heterocycles. The lowest BCUT2D eigenvalue weighted by Gasteiger charge is -2.27. The zero-order chi connectivity index (χ0) is 19.7. The molecule has 4 rings (SSSR count). The molecule has 0 radical (unpaired) electrons. The number of aromatic nitrogens is 4. The van der Waals surface area contributed by atoms with Crippen LogP contribution in [-0.4, -0.2) is 31.2 Å². The smallest absolute Gasteiger partial charge is 0.255 e. The van der Waals surface area contributed by atoms with Crippen LogP contribution in [0.4, 0.5) is 0 Å². The number of halogens is 1. The topological polar surface area (TPSA) is 66.8 Å². The zero-order valence-corrected chi connectivity index (χ0v) is 17.0. The van der Waals surface area contributed by atoms with Crippen molar-refractivity contribution < 1.29 is 0 Å². The minimum atomic E-state index is -0.0574. The highest BCUT2D eigenvalue weighted by atomic mass is 35.5. The minimum absolute atomic E-state index is 0.0574. The number of hydrogen-bond donors (Lipinski definition) is 1. The molecule has 1 aliphatic rings. The van der Waals surface area contributed by atoms with E-state index < -0.39 is 0 Å². The molecule has 0 atom stereocenters. The molecular formula is C21H24ClN5O. The fraction of sp³-hybridized carbons (Fsp3) is 0.381. The zero-order valence-electron chi connectivity index (χ0n) is 16.2. The number of rotatable bonds is 5. The van der Waals surface area contributed by atoms with Crippen LogP contribution in [0.15, 0.2) is 35.3 Å². The fourth-order valence-electron chi connectivity index (χ4n) is 3.68. The molecule has 0 spiro atoms. The van der Waals surface area contributed by atoms with Crippen molar-refractivity contribution in [1.82, 2.24) is 24.6 Å². The number of fused-ring (bicyclic) bond motifs is 1. The molecule has 6 nitrogen and oxygen atoms in total. The van der Waals surface area contributed by atoms with E-state index in [1.54, 1.807) is 12.1 Å². The number of aryl methyl sites for hydroxylation is 1. The molecule has 0 unspecified atom stereocenters. The number of nitrogens with one attached hydrogen (secondary N) is 1. The second-order valence-corrected chi connectivity index (χ2v) is 7.72. The third kappa shape index (κ3) is 3.75. The highest BCUT2D eigenvalue weighted by Crippen LogP contribution is 2.22. The highest BCUT2D eigenvalue weighted by molar-refractivity contribution is 6.30. The van der Waals surface area contributed by atoms with E-state index >= 15 is 0 Å². The van der Waals surface area contributed by atoms with Crippen LogP contribution in [0.3, 0.4) is 0 Å². The van der Waals surface area contributed by atoms with Crippen molar-refractivity contribution >= 4 is 11.6 Å². The third-order valence-corrected chi connectivity index (χ3v) is 5.55. The summed E-state index contributed by atoms with van der Waals surface area (Å²) in [6.45, 7) is 7.49. The van der Waals surface area contributed by atoms with Crippen LogP contribution in [0.5, 0.6) is 0 Å². The Hall–Kier alpha value is -2.44. The Labute approximate surface area is 169 Å². The summed E-state index contributed by atoms with van der Waals surface area (Å²) in [5, 5.41) is 5.15. The van der Waals surface area contributed by atoms with Crippen molar-refractivity contribution in [3.8, 4) is 11.4 Å². The minimum Gasteiger partial charge on any atom is -0.306 e. The molecule has 0 fully saturated rings. The molecule has 0 amide bonds. The molecule has 28 heavy (non-hydrogen) atoms. The van der Waals surface area contributed by atoms with Gasteiger partial charge in [-0.05, 0) is 37.6 Å². The fourth-order valence-corrected chi connectivity index (χ4v) is 3.80. The standard InChI is InChI=1S/C21H24ClN5O/c1-3-9-27-14(2)16(11-23-27)12-26-10-8-19-18(13-26)21(28)25-20(24-19)15-4-6-17(22)7-5-15/h4-7,11H,3,8-10,12-13H2,1-2H3,(H,24,25,28). The van der Waals surface area contributed by atoms with Crippen LogP contribution in [0.1, 0.15) is 35.9 Å². The number of H-pyrrole nitrogens is 1. The van der Waals surface area contributed by atoms with Crippen molar-refractivity contribution in [2.24, 2.45) is 0 Å². The monoisotopic (exact) mass is 397 g/mol. The lowest BCUT2D eigenvalue weighted by molar-refractivity contribution is 0.241. The van der Waals surface area contributed by atoms with Gasteiger partial charge in [0.2, 0.25) is 0 Å². The van der Waals surface area contributed by atoms with Crippen molar-refractivity contribution in [2.75, 3.05) is 6.54 Å². The predicted molar refractivity (Wildman–Crippen MR) is 110 cm³/mol. The molecular weight excluding hydrogens is 374 g/mol. The maximum absolute atomic E-state index is 12.7. The van der Waals surface area contributed by atoms with Crippen LogP contribution in [-0.2, 0) is 26.1 Å². The second-order valence-electron chi connectivity index (χ2n) is 7.29. The SMILES string of the molecule is CCCn1ncc(CN2CCc3nc(-c4ccc(Cl)cc4)[nH]c(=O)c3C2)c1C. The third-order valence-electron chi connectivity index (χ3n) is 5.30. The summed E-state index contributed by atoms with van der Waals surface area (Å²) in [7, 11) is 0. The summed E-state index contributed by atoms with van der Waals surface area (Å²) < 4.78 is 2.06. The second kappa shape index (κ2) is 7.89. The van der Waals surface area contributed by atoms with Crippen LogP contribution >= 0.6 is 11.6 Å². The summed E-state index contributed by atoms with van der Waals surface area (Å²) in [6.07, 6.45) is 3.78. The van der Waals surface area contributed by atoms with Gasteiger partial charge in [0, 0.05) is 54.4 Å². The largest absolute Gasteiger partial charge is 0.306 e. The Morgan fingerprint density at radius 1 is 1.25 bits per heavy atom. The number of hydrogen-bond acceptors (Lipinski definition) is 4. The summed E-state index contributed by atoms with van der Waals surface area (Å²) in [5.74, 6) is 0.602. The summed E-state index contributed by atoms with van der Waals surface area (Å²) in [6, 6.07) is 7.36. The van der Waals surface area contributed by atoms with Crippen molar-refractivity contribution in [3.63, 3.8) is 0 Å². The first-order chi connectivity index (χ1) is 13.5. The molecule has 3 heterocycles. The van der Waals surface area contributed by atoms with Crippen molar-refractivity contribution in [1.29, 1.82) is 0 Å². The van der Waals surface area contributed by atoms with Crippen LogP contribution in [0, 0.1) is 6.92 Å². The highest BCUT2D eigenvalue weighted by Gasteiger charge is 2.22. The summed E-state index contributed by atoms with van der Waals surface area (Å²) >= 11 is 5.95. The summed E-state index contributed by atoms with van der Waals surface area (Å²) in [5.41, 5.74) is 4.89. The number of benzene rings is 1. The first-order valence-corrected chi connectivity index (χ1v) is 10.0. The van der Waals surface area contributed by atoms with E-state index in [0.29, 0.717) is 17.4 Å². The molecule has 7 heteroatoms. The van der Waals surface area contributed by atoms with Gasteiger partial charge in [0.05, 0.1) is 17.5 Å². The number of aromatic amines is 1. The molecule has 146 valence electrons. The predicted octanol–water partition coefficient (Wildman–Crippen LogP) is 3.56. The van der Waals surface area contributed by atoms with Crippen LogP contribution in [0.25, 0.3) is 11.4 Å². The Bertz CT molecular complexity index is 1040. The van der Waals surface area contributed by atoms with Gasteiger partial charge in [0.25, 0.3) is 5.56 Å². The Balaban J connectivity index is 1.54. The van der Waals surface area contributed by atoms with E-state index in [9.17, 15) is 4.79 Å². The van der Waals surface area contributed by atoms with E-state index in [1.165, 1.54) is 11.3 Å². The van der Waals surface area contributed by atoms with Crippen molar-refractivity contribution in [3.05, 3.63) is 68.4 Å². The molecule has 2 aromatic heterocycles. The lowest BCUT2D eigenvalue weighted by atomic mass is 10.1. The van der Waals surface area contributed by atoms with Crippen LogP contribution in [0.2, 0.25) is 5.02 Å². The normalized spacial score (nSPS) is 14.2. The average Bonchev–Trinajstić information content (AvgIpc) is 3.03. The van der Waals surface area contributed by atoms with Gasteiger partial charge in [-0.1, -0.05) is 18.5 Å². The molecule has 1 aromatic carbocycles. The average molecular weight is 398 g/mol. The van der Waals surface area contributed by atoms with Gasteiger partial charge in [-0.3, -0.25) is 14.4 Å². The molecule has 0 bridgehead atoms. The van der Waals surface area contributed by atoms with Gasteiger partial charge in [0.1, 0.15) is 5.82 Å². The first-order valence-electron chi connectivity index (χ1n) is 9.66.